The molecule has 1 atom stereocenters. The average Bonchev–Trinajstić information content (AvgIpc) is 2.95. The number of hydrogen-bond acceptors (Lipinski definition) is 3. The summed E-state index contributed by atoms with van der Waals surface area (Å²) in [6.45, 7) is 1.19. The lowest BCUT2D eigenvalue weighted by atomic mass is 9.82. The van der Waals surface area contributed by atoms with Gasteiger partial charge in [-0.05, 0) is 55.3 Å². The van der Waals surface area contributed by atoms with Crippen molar-refractivity contribution in [3.8, 4) is 0 Å². The number of hydrogen-bond donors (Lipinski definition) is 1. The summed E-state index contributed by atoms with van der Waals surface area (Å²) in [4.78, 5) is 12.6. The summed E-state index contributed by atoms with van der Waals surface area (Å²) in [5, 5.41) is 8.88. The molecule has 0 spiro atoms. The first kappa shape index (κ1) is 17.6. The Bertz CT molecular complexity index is 747. The number of carboxylic acids is 1. The highest BCUT2D eigenvalue weighted by molar-refractivity contribution is 5.69. The molecule has 0 aromatic heterocycles. The van der Waals surface area contributed by atoms with Crippen LogP contribution in [0.2, 0.25) is 0 Å². The fourth-order valence-corrected chi connectivity index (χ4v) is 3.54. The van der Waals surface area contributed by atoms with Gasteiger partial charge in [-0.2, -0.15) is 0 Å². The number of carbonyl (C=O) groups is 1. The second kappa shape index (κ2) is 7.33. The first-order valence-corrected chi connectivity index (χ1v) is 8.40. The van der Waals surface area contributed by atoms with Gasteiger partial charge < -0.3 is 9.84 Å². The van der Waals surface area contributed by atoms with Crippen LogP contribution in [-0.2, 0) is 21.7 Å². The molecule has 0 saturated carbocycles. The van der Waals surface area contributed by atoms with Crippen molar-refractivity contribution in [2.75, 3.05) is 20.1 Å². The van der Waals surface area contributed by atoms with Gasteiger partial charge in [0.05, 0.1) is 13.2 Å². The average molecular weight is 343 g/mol. The standard InChI is InChI=1S/C20H22FNO3/c1-22(13-19(23)24)12-4-11-20(16-7-9-17(21)10-8-16)18-6-3-2-5-15(18)14-25-20/h2-3,5-10H,4,11-14H2,1H3,(H,23,24). The van der Waals surface area contributed by atoms with E-state index in [2.05, 4.69) is 12.1 Å². The number of rotatable bonds is 7. The minimum absolute atomic E-state index is 0.0149. The van der Waals surface area contributed by atoms with Crippen LogP contribution < -0.4 is 0 Å². The molecular formula is C20H22FNO3. The predicted molar refractivity (Wildman–Crippen MR) is 92.8 cm³/mol. The van der Waals surface area contributed by atoms with Gasteiger partial charge in [-0.15, -0.1) is 0 Å². The molecule has 1 unspecified atom stereocenters. The zero-order valence-corrected chi connectivity index (χ0v) is 14.2. The zero-order valence-electron chi connectivity index (χ0n) is 14.2. The molecule has 132 valence electrons. The third-order valence-corrected chi connectivity index (χ3v) is 4.71. The molecule has 1 N–H and O–H groups in total. The normalized spacial score (nSPS) is 19.2. The number of nitrogens with zero attached hydrogens (tertiary/aromatic N) is 1. The van der Waals surface area contributed by atoms with Crippen LogP contribution in [0.1, 0.15) is 29.5 Å². The first-order valence-electron chi connectivity index (χ1n) is 8.40. The highest BCUT2D eigenvalue weighted by Gasteiger charge is 2.41. The summed E-state index contributed by atoms with van der Waals surface area (Å²) < 4.78 is 19.6. The van der Waals surface area contributed by atoms with Crippen molar-refractivity contribution in [1.29, 1.82) is 0 Å². The SMILES string of the molecule is CN(CCCC1(c2ccc(F)cc2)OCc2ccccc21)CC(=O)O. The molecule has 1 aliphatic rings. The Morgan fingerprint density at radius 1 is 1.24 bits per heavy atom. The van der Waals surface area contributed by atoms with Crippen molar-refractivity contribution in [1.82, 2.24) is 4.90 Å². The minimum Gasteiger partial charge on any atom is -0.480 e. The summed E-state index contributed by atoms with van der Waals surface area (Å²) in [6.07, 6.45) is 1.48. The van der Waals surface area contributed by atoms with Gasteiger partial charge in [-0.3, -0.25) is 9.69 Å². The smallest absolute Gasteiger partial charge is 0.317 e. The van der Waals surface area contributed by atoms with Crippen molar-refractivity contribution in [3.05, 3.63) is 71.0 Å². The van der Waals surface area contributed by atoms with Crippen molar-refractivity contribution < 1.29 is 19.0 Å². The third kappa shape index (κ3) is 3.72. The van der Waals surface area contributed by atoms with Crippen molar-refractivity contribution in [2.45, 2.75) is 25.0 Å². The van der Waals surface area contributed by atoms with Crippen LogP contribution >= 0.6 is 0 Å². The van der Waals surface area contributed by atoms with Crippen molar-refractivity contribution in [3.63, 3.8) is 0 Å². The van der Waals surface area contributed by atoms with Gasteiger partial charge in [0.25, 0.3) is 0 Å². The van der Waals surface area contributed by atoms with E-state index in [0.717, 1.165) is 23.1 Å². The predicted octanol–water partition coefficient (Wildman–Crippen LogP) is 3.40. The van der Waals surface area contributed by atoms with Gasteiger partial charge in [-0.25, -0.2) is 4.39 Å². The maximum atomic E-state index is 13.4. The molecule has 0 fully saturated rings. The number of benzene rings is 2. The van der Waals surface area contributed by atoms with E-state index in [1.807, 2.05) is 12.1 Å². The lowest BCUT2D eigenvalue weighted by Gasteiger charge is -2.31. The third-order valence-electron chi connectivity index (χ3n) is 4.71. The van der Waals surface area contributed by atoms with Crippen molar-refractivity contribution >= 4 is 5.97 Å². The molecule has 0 aliphatic carbocycles. The van der Waals surface area contributed by atoms with E-state index in [9.17, 15) is 9.18 Å². The van der Waals surface area contributed by atoms with E-state index in [4.69, 9.17) is 9.84 Å². The number of likely N-dealkylation sites (N-methyl/N-ethyl adjacent to an activating group) is 1. The summed E-state index contributed by atoms with van der Waals surface area (Å²) in [6, 6.07) is 14.6. The molecular weight excluding hydrogens is 321 g/mol. The van der Waals surface area contributed by atoms with E-state index in [1.165, 1.54) is 12.1 Å². The molecule has 0 bridgehead atoms. The van der Waals surface area contributed by atoms with Crippen molar-refractivity contribution in [2.24, 2.45) is 0 Å². The molecule has 1 aliphatic heterocycles. The monoisotopic (exact) mass is 343 g/mol. The Labute approximate surface area is 146 Å². The van der Waals surface area contributed by atoms with Gasteiger partial charge in [0, 0.05) is 0 Å². The van der Waals surface area contributed by atoms with Crippen LogP contribution in [-0.4, -0.2) is 36.1 Å². The second-order valence-electron chi connectivity index (χ2n) is 6.51. The quantitative estimate of drug-likeness (QED) is 0.837. The van der Waals surface area contributed by atoms with Crippen LogP contribution in [0.25, 0.3) is 0 Å². The number of halogens is 1. The highest BCUT2D eigenvalue weighted by atomic mass is 19.1. The topological polar surface area (TPSA) is 49.8 Å². The fourth-order valence-electron chi connectivity index (χ4n) is 3.54. The van der Waals surface area contributed by atoms with E-state index < -0.39 is 11.6 Å². The molecule has 3 rings (SSSR count). The summed E-state index contributed by atoms with van der Waals surface area (Å²) in [5.74, 6) is -1.11. The lowest BCUT2D eigenvalue weighted by Crippen LogP contribution is -2.31. The molecule has 1 heterocycles. The Morgan fingerprint density at radius 3 is 2.68 bits per heavy atom. The largest absolute Gasteiger partial charge is 0.480 e. The second-order valence-corrected chi connectivity index (χ2v) is 6.51. The lowest BCUT2D eigenvalue weighted by molar-refractivity contribution is -0.138. The Hall–Kier alpha value is -2.24. The van der Waals surface area contributed by atoms with Gasteiger partial charge >= 0.3 is 5.97 Å². The maximum Gasteiger partial charge on any atom is 0.317 e. The summed E-state index contributed by atoms with van der Waals surface area (Å²) >= 11 is 0. The highest BCUT2D eigenvalue weighted by Crippen LogP contribution is 2.45. The van der Waals surface area contributed by atoms with Gasteiger partial charge in [0.15, 0.2) is 0 Å². The van der Waals surface area contributed by atoms with Gasteiger partial charge in [-0.1, -0.05) is 36.4 Å². The van der Waals surface area contributed by atoms with Crippen LogP contribution in [0.4, 0.5) is 4.39 Å². The molecule has 25 heavy (non-hydrogen) atoms. The Morgan fingerprint density at radius 2 is 1.96 bits per heavy atom. The Kier molecular flexibility index (Phi) is 5.16. The summed E-state index contributed by atoms with van der Waals surface area (Å²) in [5.41, 5.74) is 2.59. The minimum atomic E-state index is -0.835. The molecule has 2 aromatic carbocycles. The number of ether oxygens (including phenoxy) is 1. The van der Waals surface area contributed by atoms with E-state index in [1.54, 1.807) is 24.1 Å². The number of fused-ring (bicyclic) bond motifs is 1. The molecule has 2 aromatic rings. The van der Waals surface area contributed by atoms with Gasteiger partial charge in [0.1, 0.15) is 11.4 Å². The molecule has 5 heteroatoms. The maximum absolute atomic E-state index is 13.4. The molecule has 0 saturated heterocycles. The van der Waals surface area contributed by atoms with E-state index in [0.29, 0.717) is 19.6 Å². The van der Waals surface area contributed by atoms with E-state index in [-0.39, 0.29) is 12.4 Å². The summed E-state index contributed by atoms with van der Waals surface area (Å²) in [7, 11) is 1.79. The van der Waals surface area contributed by atoms with Crippen LogP contribution in [0.15, 0.2) is 48.5 Å². The van der Waals surface area contributed by atoms with Crippen LogP contribution in [0.5, 0.6) is 0 Å². The van der Waals surface area contributed by atoms with Crippen LogP contribution in [0.3, 0.4) is 0 Å². The van der Waals surface area contributed by atoms with E-state index >= 15 is 0 Å². The fraction of sp³-hybridized carbons (Fsp3) is 0.350. The number of carboxylic acid groups (broad SMARTS) is 1. The van der Waals surface area contributed by atoms with Crippen LogP contribution in [0, 0.1) is 5.82 Å². The molecule has 0 radical (unpaired) electrons. The molecule has 4 nitrogen and oxygen atoms in total. The molecule has 0 amide bonds. The zero-order chi connectivity index (χ0) is 17.9. The number of aliphatic carboxylic acids is 1. The first-order chi connectivity index (χ1) is 12.0. The Balaban J connectivity index is 1.84. The van der Waals surface area contributed by atoms with Gasteiger partial charge in [0.2, 0.25) is 0 Å².